The first-order chi connectivity index (χ1) is 57.6. The first-order valence-corrected chi connectivity index (χ1v) is 40.4. The predicted molar refractivity (Wildman–Crippen MR) is 477 cm³/mol. The van der Waals surface area contributed by atoms with Crippen LogP contribution >= 0.6 is 0 Å². The number of aromatic nitrogens is 12. The minimum Gasteiger partial charge on any atom is -0.385 e. The number of hydrogen-bond donors (Lipinski definition) is 11. The second-order valence-electron chi connectivity index (χ2n) is 30.3. The lowest BCUT2D eigenvalue weighted by atomic mass is 10.1. The number of fused-ring (bicyclic) bond motifs is 6. The Kier molecular flexibility index (Phi) is 30.1. The molecule has 12 aromatic rings. The van der Waals surface area contributed by atoms with Gasteiger partial charge in [-0.3, -0.25) is 66.1 Å². The maximum Gasteiger partial charge on any atom is 0.328 e. The number of nitrogens with zero attached hydrogens (tertiary/aromatic N) is 12. The van der Waals surface area contributed by atoms with E-state index >= 15 is 0 Å². The number of rotatable bonds is 20. The van der Waals surface area contributed by atoms with Crippen molar-refractivity contribution in [1.82, 2.24) is 81.8 Å². The smallest absolute Gasteiger partial charge is 0.328 e. The highest BCUT2D eigenvalue weighted by Crippen LogP contribution is 2.20. The van der Waals surface area contributed by atoms with E-state index in [2.05, 4.69) is 92.9 Å². The molecule has 4 aliphatic heterocycles. The van der Waals surface area contributed by atoms with Gasteiger partial charge >= 0.3 is 34.1 Å². The van der Waals surface area contributed by atoms with Crippen molar-refractivity contribution in [2.75, 3.05) is 172 Å². The molecular weight excluding hydrogens is 1540 g/mol. The number of hydrogen-bond acceptors (Lipinski definition) is 24. The number of ether oxygens (including phenoxy) is 1. The minimum atomic E-state index is -0.406. The van der Waals surface area contributed by atoms with Gasteiger partial charge in [-0.05, 0) is 176 Å². The number of aliphatic imine (C=N–C) groups is 1. The van der Waals surface area contributed by atoms with Gasteiger partial charge < -0.3 is 80.8 Å². The lowest BCUT2D eigenvalue weighted by Gasteiger charge is -2.26. The quantitative estimate of drug-likeness (QED) is 0.0522. The molecule has 36 heteroatoms. The van der Waals surface area contributed by atoms with Crippen molar-refractivity contribution >= 4 is 99.7 Å². The number of aromatic amines is 6. The standard InChI is InChI=1S/C16H22N4O2.C15H20N4O3.C15H20N4O2.C13H14N4O2.C13H18N4O2.C12H15N3O2/c1-19-15(21)13-6-5-12(11-14(13)18-16(19)22)17-7-10-20-8-3-2-4-9-20;1-18-14(20)12-3-2-11(10-13(12)17-15(18)21)16-4-5-19-6-8-22-9-7-19;1-18-14(20)12-5-4-11(10-13(12)17-15(18)21)16-6-9-19-7-2-3-8-19;1-16-6-5-14-11(16)8-3-4-9-10(7-8)15-13(19)17(2)12(9)18;1-16(2)7-6-14-9-4-5-10-11(8-9)15-13(19)17(3)12(10)18;1-3-6-13-8-4-5-9-10(7-8)14-12(17)15(2)11(9)16/h5-6,11,17H,2-4,7-10H2,1H3,(H,18,22);2-3,10,16H,4-9H2,1H3,(H,17,21);4-5,10,16H,2-3,6-9H2,1H3,(H,17,21);3-4,7H,5-6H2,1-2H3,(H,15,19);4-5,8,14H,6-7H2,1-3H3,(H,15,19);4-5,7,13H,3,6H2,1-2H3,(H,14,17). The Labute approximate surface area is 687 Å². The average Bonchev–Trinajstić information content (AvgIpc) is 1.04. The summed E-state index contributed by atoms with van der Waals surface area (Å²) in [6, 6.07) is 32.5. The first-order valence-electron chi connectivity index (χ1n) is 40.4. The number of likely N-dealkylation sites (tertiary alicyclic amines) is 2. The van der Waals surface area contributed by atoms with Crippen molar-refractivity contribution in [3.8, 4) is 0 Å². The molecule has 0 aliphatic carbocycles. The molecule has 6 aromatic carbocycles. The molecule has 0 spiro atoms. The summed E-state index contributed by atoms with van der Waals surface area (Å²) in [4.78, 5) is 173. The van der Waals surface area contributed by atoms with Crippen LogP contribution in [0.5, 0.6) is 0 Å². The topological polar surface area (TPSA) is 427 Å². The van der Waals surface area contributed by atoms with Gasteiger partial charge in [-0.2, -0.15) is 0 Å². The third-order valence-corrected chi connectivity index (χ3v) is 21.4. The van der Waals surface area contributed by atoms with Gasteiger partial charge in [-0.25, -0.2) is 28.8 Å². The van der Waals surface area contributed by atoms with Crippen LogP contribution in [-0.4, -0.2) is 233 Å². The van der Waals surface area contributed by atoms with Crippen LogP contribution in [0.1, 0.15) is 51.0 Å². The van der Waals surface area contributed by atoms with E-state index in [1.807, 2.05) is 69.7 Å². The summed E-state index contributed by atoms with van der Waals surface area (Å²) in [5, 5.41) is 19.6. The lowest BCUT2D eigenvalue weighted by Crippen LogP contribution is -2.39. The summed E-state index contributed by atoms with van der Waals surface area (Å²) >= 11 is 0. The second kappa shape index (κ2) is 41.1. The van der Waals surface area contributed by atoms with Crippen molar-refractivity contribution in [1.29, 1.82) is 0 Å². The summed E-state index contributed by atoms with van der Waals surface area (Å²) in [6.07, 6.45) is 7.53. The van der Waals surface area contributed by atoms with Gasteiger partial charge in [-0.15, -0.1) is 0 Å². The number of anilines is 5. The number of likely N-dealkylation sites (N-methyl/N-ethyl adjacent to an activating group) is 2. The van der Waals surface area contributed by atoms with Crippen molar-refractivity contribution in [2.45, 2.75) is 45.4 Å². The summed E-state index contributed by atoms with van der Waals surface area (Å²) in [6.45, 7) is 20.1. The van der Waals surface area contributed by atoms with Gasteiger partial charge in [-0.1, -0.05) is 19.4 Å². The zero-order valence-corrected chi connectivity index (χ0v) is 69.7. The fourth-order valence-corrected chi connectivity index (χ4v) is 14.2. The minimum absolute atomic E-state index is 0.265. The maximum atomic E-state index is 12.0. The van der Waals surface area contributed by atoms with Crippen molar-refractivity contribution in [2.24, 2.45) is 47.3 Å². The SMILES string of the molecule is CCCNc1ccc2c(=O)n(C)c(=O)[nH]c2c1.CN(C)CCNc1ccc2c(=O)n(C)c(=O)[nH]c2c1.CN1CCN=C1c1ccc2c(=O)n(C)c(=O)[nH]c2c1.Cn1c(=O)[nH]c2cc(NCCN3CCCC3)ccc2c1=O.Cn1c(=O)[nH]c2cc(NCCN3CCCCC3)ccc2c1=O.Cn1c(=O)[nH]c2cc(NCCN3CCOCC3)ccc2c1=O. The Hall–Kier alpha value is -12.8. The number of nitrogens with one attached hydrogen (secondary N) is 11. The number of H-pyrrole nitrogens is 6. The van der Waals surface area contributed by atoms with Crippen LogP contribution in [-0.2, 0) is 47.0 Å². The van der Waals surface area contributed by atoms with E-state index in [0.717, 1.165) is 172 Å². The van der Waals surface area contributed by atoms with Crippen LogP contribution in [0.25, 0.3) is 65.4 Å². The van der Waals surface area contributed by atoms with Crippen molar-refractivity contribution in [3.05, 3.63) is 240 Å². The number of amidine groups is 1. The van der Waals surface area contributed by atoms with E-state index in [-0.39, 0.29) is 44.7 Å². The van der Waals surface area contributed by atoms with Gasteiger partial charge in [0.25, 0.3) is 33.4 Å². The van der Waals surface area contributed by atoms with E-state index in [4.69, 9.17) is 4.74 Å². The Morgan fingerprint density at radius 3 is 0.908 bits per heavy atom. The highest BCUT2D eigenvalue weighted by molar-refractivity contribution is 6.02. The predicted octanol–water partition coefficient (Wildman–Crippen LogP) is 3.00. The number of morpholine rings is 1. The molecule has 4 aliphatic rings. The molecule has 0 saturated carbocycles. The average molecular weight is 1650 g/mol. The van der Waals surface area contributed by atoms with Crippen LogP contribution in [0.15, 0.2) is 172 Å². The van der Waals surface area contributed by atoms with Gasteiger partial charge in [0, 0.05) is 162 Å². The monoisotopic (exact) mass is 1650 g/mol. The molecular formula is C84H109N23O13. The van der Waals surface area contributed by atoms with Gasteiger partial charge in [0.15, 0.2) is 0 Å². The molecule has 638 valence electrons. The van der Waals surface area contributed by atoms with Crippen LogP contribution < -0.4 is 94.1 Å². The van der Waals surface area contributed by atoms with E-state index in [0.29, 0.717) is 65.4 Å². The van der Waals surface area contributed by atoms with E-state index in [9.17, 15) is 57.5 Å². The number of benzene rings is 6. The molecule has 36 nitrogen and oxygen atoms in total. The van der Waals surface area contributed by atoms with Crippen LogP contribution in [0.2, 0.25) is 0 Å². The highest BCUT2D eigenvalue weighted by atomic mass is 16.5. The summed E-state index contributed by atoms with van der Waals surface area (Å²) in [7, 11) is 14.8. The fraction of sp³-hybridized carbons (Fsp3) is 0.417. The van der Waals surface area contributed by atoms with E-state index < -0.39 is 22.8 Å². The van der Waals surface area contributed by atoms with Gasteiger partial charge in [0.2, 0.25) is 0 Å². The molecule has 6 aromatic heterocycles. The Morgan fingerprint density at radius 1 is 0.342 bits per heavy atom. The first kappa shape index (κ1) is 88.1. The van der Waals surface area contributed by atoms with Crippen molar-refractivity contribution < 1.29 is 4.74 Å². The molecule has 10 heterocycles. The molecule has 120 heavy (non-hydrogen) atoms. The summed E-state index contributed by atoms with van der Waals surface area (Å²) in [5.41, 5.74) is 4.82. The van der Waals surface area contributed by atoms with E-state index in [1.54, 1.807) is 60.7 Å². The molecule has 0 unspecified atom stereocenters. The third kappa shape index (κ3) is 22.3. The molecule has 0 radical (unpaired) electrons. The normalized spacial score (nSPS) is 14.3. The summed E-state index contributed by atoms with van der Waals surface area (Å²) < 4.78 is 11.8. The highest BCUT2D eigenvalue weighted by Gasteiger charge is 2.19. The van der Waals surface area contributed by atoms with Crippen LogP contribution in [0, 0.1) is 0 Å². The van der Waals surface area contributed by atoms with Crippen LogP contribution in [0.4, 0.5) is 28.4 Å². The molecule has 0 amide bonds. The summed E-state index contributed by atoms with van der Waals surface area (Å²) in [5.74, 6) is 0.892. The van der Waals surface area contributed by atoms with E-state index in [1.165, 1.54) is 101 Å². The molecule has 11 N–H and O–H groups in total. The third-order valence-electron chi connectivity index (χ3n) is 21.4. The molecule has 0 atom stereocenters. The zero-order valence-electron chi connectivity index (χ0n) is 69.7. The maximum absolute atomic E-state index is 12.0. The lowest BCUT2D eigenvalue weighted by molar-refractivity contribution is 0.0398. The Morgan fingerprint density at radius 2 is 0.617 bits per heavy atom. The van der Waals surface area contributed by atoms with Crippen molar-refractivity contribution in [3.63, 3.8) is 0 Å². The molecule has 0 bridgehead atoms. The van der Waals surface area contributed by atoms with Crippen LogP contribution in [0.3, 0.4) is 0 Å². The van der Waals surface area contributed by atoms with Gasteiger partial charge in [0.05, 0.1) is 85.2 Å². The van der Waals surface area contributed by atoms with Gasteiger partial charge in [0.1, 0.15) is 5.84 Å². The number of piperidine rings is 1. The molecule has 16 rings (SSSR count). The second-order valence-corrected chi connectivity index (χ2v) is 30.3. The Balaban J connectivity index is 0.000000141. The molecule has 3 saturated heterocycles. The largest absolute Gasteiger partial charge is 0.385 e. The zero-order chi connectivity index (χ0) is 85.8. The molecule has 3 fully saturated rings. The Bertz CT molecular complexity index is 6330. The fourth-order valence-electron chi connectivity index (χ4n) is 14.2.